The molecule has 0 amide bonds. The minimum absolute atomic E-state index is 0.00435. The molecular formula is C26H22F15NO. The zero-order chi connectivity index (χ0) is 32.9. The normalized spacial score (nSPS) is 15.8. The maximum atomic E-state index is 14.3. The van der Waals surface area contributed by atoms with Crippen LogP contribution in [0.4, 0.5) is 71.5 Å². The number of fused-ring (bicyclic) bond motifs is 1. The van der Waals surface area contributed by atoms with Gasteiger partial charge in [0.1, 0.15) is 12.2 Å². The van der Waals surface area contributed by atoms with E-state index in [1.54, 1.807) is 0 Å². The third-order valence-electron chi connectivity index (χ3n) is 6.77. The molecule has 17 heteroatoms. The number of benzene rings is 2. The van der Waals surface area contributed by atoms with Crippen molar-refractivity contribution in [2.24, 2.45) is 0 Å². The number of hydrogen-bond donors (Lipinski definition) is 0. The summed E-state index contributed by atoms with van der Waals surface area (Å²) in [5.41, 5.74) is -5.44. The van der Waals surface area contributed by atoms with Crippen LogP contribution >= 0.6 is 0 Å². The molecule has 0 fully saturated rings. The highest BCUT2D eigenvalue weighted by Crippen LogP contribution is 2.52. The molecular weight excluding hydrogens is 627 g/mol. The lowest BCUT2D eigenvalue weighted by atomic mass is 9.80. The van der Waals surface area contributed by atoms with Crippen LogP contribution < -0.4 is 9.64 Å². The minimum Gasteiger partial charge on any atom is -0.473 e. The van der Waals surface area contributed by atoms with Gasteiger partial charge in [0, 0.05) is 24.2 Å². The summed E-state index contributed by atoms with van der Waals surface area (Å²) in [6, 6.07) is 6.69. The lowest BCUT2D eigenvalue weighted by molar-refractivity contribution is -0.297. The van der Waals surface area contributed by atoms with E-state index in [9.17, 15) is 65.9 Å². The predicted octanol–water partition coefficient (Wildman–Crippen LogP) is 9.61. The van der Waals surface area contributed by atoms with E-state index in [2.05, 4.69) is 0 Å². The van der Waals surface area contributed by atoms with Crippen molar-refractivity contribution < 1.29 is 70.6 Å². The van der Waals surface area contributed by atoms with Crippen molar-refractivity contribution in [3.8, 4) is 5.75 Å². The molecule has 0 atom stereocenters. The summed E-state index contributed by atoms with van der Waals surface area (Å²) in [4.78, 5) is 1.32. The molecule has 1 aliphatic heterocycles. The van der Waals surface area contributed by atoms with E-state index in [4.69, 9.17) is 4.74 Å². The van der Waals surface area contributed by atoms with Crippen LogP contribution in [0, 0.1) is 0 Å². The van der Waals surface area contributed by atoms with Gasteiger partial charge in [0.05, 0.1) is 12.8 Å². The molecule has 0 aliphatic carbocycles. The summed E-state index contributed by atoms with van der Waals surface area (Å²) in [5, 5.41) is 0. The smallest absolute Gasteiger partial charge is 0.406 e. The van der Waals surface area contributed by atoms with E-state index >= 15 is 0 Å². The van der Waals surface area contributed by atoms with Crippen LogP contribution in [-0.4, -0.2) is 43.0 Å². The van der Waals surface area contributed by atoms with Crippen molar-refractivity contribution >= 4 is 5.69 Å². The first-order chi connectivity index (χ1) is 19.2. The van der Waals surface area contributed by atoms with Crippen LogP contribution in [0.2, 0.25) is 0 Å². The fourth-order valence-corrected chi connectivity index (χ4v) is 4.57. The van der Waals surface area contributed by atoms with Crippen molar-refractivity contribution in [3.05, 3.63) is 59.2 Å². The Morgan fingerprint density at radius 1 is 0.651 bits per heavy atom. The quantitative estimate of drug-likeness (QED) is 0.251. The predicted molar refractivity (Wildman–Crippen MR) is 122 cm³/mol. The molecule has 242 valence electrons. The molecule has 2 aromatic carbocycles. The Morgan fingerprint density at radius 2 is 1.16 bits per heavy atom. The molecule has 0 unspecified atom stereocenters. The van der Waals surface area contributed by atoms with Gasteiger partial charge in [-0.05, 0) is 42.3 Å². The number of rotatable bonds is 9. The first-order valence-electron chi connectivity index (χ1n) is 12.2. The highest BCUT2D eigenvalue weighted by atomic mass is 19.4. The van der Waals surface area contributed by atoms with Crippen molar-refractivity contribution in [1.29, 1.82) is 0 Å². The molecule has 2 nitrogen and oxygen atoms in total. The zero-order valence-corrected chi connectivity index (χ0v) is 21.8. The lowest BCUT2D eigenvalue weighted by Gasteiger charge is -2.36. The summed E-state index contributed by atoms with van der Waals surface area (Å²) >= 11 is 0. The monoisotopic (exact) mass is 649 g/mol. The van der Waals surface area contributed by atoms with Crippen molar-refractivity contribution in [1.82, 2.24) is 0 Å². The van der Waals surface area contributed by atoms with Gasteiger partial charge in [-0.25, -0.2) is 26.3 Å². The van der Waals surface area contributed by atoms with E-state index in [0.717, 1.165) is 18.2 Å². The van der Waals surface area contributed by atoms with Gasteiger partial charge in [0.15, 0.2) is 12.1 Å². The highest BCUT2D eigenvalue weighted by Gasteiger charge is 2.68. The zero-order valence-electron chi connectivity index (χ0n) is 21.8. The van der Waals surface area contributed by atoms with Crippen LogP contribution in [0.5, 0.6) is 5.75 Å². The average molecular weight is 649 g/mol. The van der Waals surface area contributed by atoms with Crippen LogP contribution in [0.3, 0.4) is 0 Å². The summed E-state index contributed by atoms with van der Waals surface area (Å²) in [6.45, 7) is -0.520. The molecule has 0 saturated heterocycles. The fourth-order valence-electron chi connectivity index (χ4n) is 4.57. The SMILES string of the molecule is CC(c1ccc2c(c1)CN(c1ccc(CC(F)(F)CC(F)(F)CC(F)(F)CC(F)(F)F)cc1)CO2)(C(F)(F)F)C(F)(F)F. The molecule has 0 aromatic heterocycles. The third kappa shape index (κ3) is 8.34. The molecule has 0 bridgehead atoms. The number of halogens is 15. The van der Waals surface area contributed by atoms with Gasteiger partial charge in [-0.2, -0.15) is 39.5 Å². The van der Waals surface area contributed by atoms with Gasteiger partial charge < -0.3 is 9.64 Å². The molecule has 43 heavy (non-hydrogen) atoms. The molecule has 1 aliphatic rings. The number of hydrogen-bond acceptors (Lipinski definition) is 2. The van der Waals surface area contributed by atoms with Crippen molar-refractivity contribution in [3.63, 3.8) is 0 Å². The molecule has 0 saturated carbocycles. The molecule has 0 spiro atoms. The van der Waals surface area contributed by atoms with Crippen molar-refractivity contribution in [2.75, 3.05) is 11.6 Å². The Hall–Kier alpha value is -3.01. The summed E-state index contributed by atoms with van der Waals surface area (Å²) in [6.07, 6.45) is -26.4. The van der Waals surface area contributed by atoms with E-state index in [1.165, 1.54) is 17.0 Å². The van der Waals surface area contributed by atoms with Crippen LogP contribution in [0.1, 0.15) is 42.9 Å². The Morgan fingerprint density at radius 3 is 1.67 bits per heavy atom. The average Bonchev–Trinajstić information content (AvgIpc) is 2.78. The maximum absolute atomic E-state index is 14.3. The largest absolute Gasteiger partial charge is 0.473 e. The van der Waals surface area contributed by atoms with Gasteiger partial charge in [0.2, 0.25) is 0 Å². The Labute approximate surface area is 234 Å². The van der Waals surface area contributed by atoms with Gasteiger partial charge in [-0.3, -0.25) is 0 Å². The summed E-state index contributed by atoms with van der Waals surface area (Å²) < 4.78 is 206. The second kappa shape index (κ2) is 11.2. The first-order valence-corrected chi connectivity index (χ1v) is 12.2. The number of ether oxygens (including phenoxy) is 1. The van der Waals surface area contributed by atoms with Crippen LogP contribution in [0.25, 0.3) is 0 Å². The van der Waals surface area contributed by atoms with E-state index in [0.29, 0.717) is 12.1 Å². The highest BCUT2D eigenvalue weighted by molar-refractivity contribution is 5.52. The van der Waals surface area contributed by atoms with Crippen molar-refractivity contribution in [2.45, 2.75) is 80.9 Å². The molecule has 2 aromatic rings. The van der Waals surface area contributed by atoms with Crippen LogP contribution in [-0.2, 0) is 18.4 Å². The maximum Gasteiger partial charge on any atom is 0.406 e. The second-order valence-electron chi connectivity index (χ2n) is 10.5. The van der Waals surface area contributed by atoms with Gasteiger partial charge in [-0.15, -0.1) is 0 Å². The third-order valence-corrected chi connectivity index (χ3v) is 6.77. The van der Waals surface area contributed by atoms with E-state index < -0.39 is 73.0 Å². The lowest BCUT2D eigenvalue weighted by Crippen LogP contribution is -2.51. The molecule has 0 radical (unpaired) electrons. The molecule has 0 N–H and O–H groups in total. The van der Waals surface area contributed by atoms with E-state index in [-0.39, 0.29) is 42.8 Å². The minimum atomic E-state index is -5.69. The first kappa shape index (κ1) is 34.5. The Kier molecular flexibility index (Phi) is 8.95. The van der Waals surface area contributed by atoms with Gasteiger partial charge >= 0.3 is 18.5 Å². The van der Waals surface area contributed by atoms with E-state index in [1.807, 2.05) is 0 Å². The molecule has 1 heterocycles. The fraction of sp³-hybridized carbons (Fsp3) is 0.538. The summed E-state index contributed by atoms with van der Waals surface area (Å²) in [5.74, 6) is -14.1. The van der Waals surface area contributed by atoms with Gasteiger partial charge in [0.25, 0.3) is 17.8 Å². The number of anilines is 1. The molecule has 3 rings (SSSR count). The second-order valence-corrected chi connectivity index (χ2v) is 10.5. The van der Waals surface area contributed by atoms with Crippen LogP contribution in [0.15, 0.2) is 42.5 Å². The number of nitrogens with zero attached hydrogens (tertiary/aromatic N) is 1. The van der Waals surface area contributed by atoms with Gasteiger partial charge in [-0.1, -0.05) is 18.2 Å². The standard InChI is InChI=1S/C26H22F15NO/c1-20(25(36,37)38,26(39,40)41)17-4-7-19-16(8-17)10-42(14-43-19)18-5-2-15(3-6-18)9-21(27,28)11-22(29,30)12-23(31,32)13-24(33,34)35/h2-8H,9-14H2,1H3. The number of alkyl halides is 15. The Balaban J connectivity index is 1.73. The summed E-state index contributed by atoms with van der Waals surface area (Å²) in [7, 11) is 0. The Bertz CT molecular complexity index is 1250. The topological polar surface area (TPSA) is 12.5 Å².